The van der Waals surface area contributed by atoms with E-state index in [2.05, 4.69) is 20.5 Å². The first-order valence-electron chi connectivity index (χ1n) is 9.21. The monoisotopic (exact) mass is 391 g/mol. The van der Waals surface area contributed by atoms with Crippen molar-refractivity contribution in [3.63, 3.8) is 0 Å². The second kappa shape index (κ2) is 8.15. The molecule has 0 saturated heterocycles. The zero-order chi connectivity index (χ0) is 20.2. The first-order valence-corrected chi connectivity index (χ1v) is 9.21. The summed E-state index contributed by atoms with van der Waals surface area (Å²) in [6.45, 7) is 0.537. The van der Waals surface area contributed by atoms with Crippen LogP contribution in [-0.4, -0.2) is 44.5 Å². The lowest BCUT2D eigenvalue weighted by atomic mass is 10.2. The molecule has 3 aromatic heterocycles. The van der Waals surface area contributed by atoms with Crippen LogP contribution < -0.4 is 10.1 Å². The Morgan fingerprint density at radius 3 is 2.93 bits per heavy atom. The summed E-state index contributed by atoms with van der Waals surface area (Å²) in [6, 6.07) is 13.1. The molecular formula is C21H21N5O3. The normalized spacial score (nSPS) is 11.0. The summed E-state index contributed by atoms with van der Waals surface area (Å²) >= 11 is 0. The summed E-state index contributed by atoms with van der Waals surface area (Å²) in [7, 11) is 1.61. The SMILES string of the molecule is COc1cccc(CNC(=O)c2cc3ccc(-c4cn[nH]c4)nc3n2CCO)c1. The minimum Gasteiger partial charge on any atom is -0.497 e. The number of hydrogen-bond acceptors (Lipinski definition) is 5. The number of rotatable bonds is 7. The zero-order valence-electron chi connectivity index (χ0n) is 15.9. The molecule has 0 radical (unpaired) electrons. The molecule has 0 saturated carbocycles. The molecule has 8 nitrogen and oxygen atoms in total. The van der Waals surface area contributed by atoms with E-state index in [4.69, 9.17) is 4.74 Å². The Kier molecular flexibility index (Phi) is 5.26. The van der Waals surface area contributed by atoms with E-state index >= 15 is 0 Å². The number of carbonyl (C=O) groups excluding carboxylic acids is 1. The van der Waals surface area contributed by atoms with Crippen LogP contribution in [0.1, 0.15) is 16.1 Å². The Labute approximate surface area is 167 Å². The van der Waals surface area contributed by atoms with Gasteiger partial charge in [0.05, 0.1) is 25.6 Å². The van der Waals surface area contributed by atoms with Crippen molar-refractivity contribution in [1.29, 1.82) is 0 Å². The highest BCUT2D eigenvalue weighted by Gasteiger charge is 2.17. The Morgan fingerprint density at radius 1 is 1.28 bits per heavy atom. The van der Waals surface area contributed by atoms with Crippen molar-refractivity contribution < 1.29 is 14.6 Å². The average Bonchev–Trinajstić information content (AvgIpc) is 3.41. The fourth-order valence-electron chi connectivity index (χ4n) is 3.25. The maximum absolute atomic E-state index is 12.9. The maximum Gasteiger partial charge on any atom is 0.268 e. The number of benzene rings is 1. The van der Waals surface area contributed by atoms with Crippen LogP contribution in [-0.2, 0) is 13.1 Å². The van der Waals surface area contributed by atoms with Gasteiger partial charge in [0.1, 0.15) is 17.1 Å². The Morgan fingerprint density at radius 2 is 2.17 bits per heavy atom. The highest BCUT2D eigenvalue weighted by atomic mass is 16.5. The van der Waals surface area contributed by atoms with Crippen molar-refractivity contribution >= 4 is 16.9 Å². The molecule has 4 rings (SSSR count). The van der Waals surface area contributed by atoms with Crippen LogP contribution >= 0.6 is 0 Å². The highest BCUT2D eigenvalue weighted by molar-refractivity contribution is 5.98. The molecule has 0 fully saturated rings. The van der Waals surface area contributed by atoms with E-state index in [1.807, 2.05) is 36.4 Å². The standard InChI is InChI=1S/C21H21N5O3/c1-29-17-4-2-3-14(9-17)11-22-21(28)19-10-15-5-6-18(16-12-23-24-13-16)25-20(15)26(19)7-8-27/h2-6,9-10,12-13,27H,7-8,11H2,1H3,(H,22,28)(H,23,24). The van der Waals surface area contributed by atoms with Gasteiger partial charge in [0.15, 0.2) is 0 Å². The van der Waals surface area contributed by atoms with Crippen LogP contribution in [0.4, 0.5) is 0 Å². The van der Waals surface area contributed by atoms with Crippen molar-refractivity contribution in [2.75, 3.05) is 13.7 Å². The molecule has 3 heterocycles. The van der Waals surface area contributed by atoms with Crippen molar-refractivity contribution in [2.24, 2.45) is 0 Å². The Hall–Kier alpha value is -3.65. The van der Waals surface area contributed by atoms with Gasteiger partial charge in [-0.1, -0.05) is 12.1 Å². The molecule has 0 spiro atoms. The van der Waals surface area contributed by atoms with Crippen molar-refractivity contribution in [1.82, 2.24) is 25.1 Å². The summed E-state index contributed by atoms with van der Waals surface area (Å²) < 4.78 is 6.96. The summed E-state index contributed by atoms with van der Waals surface area (Å²) in [5, 5.41) is 20.0. The first-order chi connectivity index (χ1) is 14.2. The maximum atomic E-state index is 12.9. The van der Waals surface area contributed by atoms with Crippen LogP contribution in [0.5, 0.6) is 5.75 Å². The van der Waals surface area contributed by atoms with E-state index in [-0.39, 0.29) is 19.1 Å². The quantitative estimate of drug-likeness (QED) is 0.449. The molecule has 4 aromatic rings. The van der Waals surface area contributed by atoms with Gasteiger partial charge in [-0.2, -0.15) is 5.10 Å². The Bertz CT molecular complexity index is 1130. The van der Waals surface area contributed by atoms with Gasteiger partial charge in [-0.05, 0) is 35.9 Å². The number of ether oxygens (including phenoxy) is 1. The summed E-state index contributed by atoms with van der Waals surface area (Å²) in [5.41, 5.74) is 3.63. The number of aliphatic hydroxyl groups is 1. The second-order valence-corrected chi connectivity index (χ2v) is 6.54. The number of nitrogens with one attached hydrogen (secondary N) is 2. The number of amides is 1. The predicted molar refractivity (Wildman–Crippen MR) is 109 cm³/mol. The molecule has 1 aromatic carbocycles. The molecule has 0 aliphatic carbocycles. The molecule has 148 valence electrons. The van der Waals surface area contributed by atoms with Crippen LogP contribution in [0.2, 0.25) is 0 Å². The molecule has 0 aliphatic rings. The number of aromatic nitrogens is 4. The van der Waals surface area contributed by atoms with Crippen molar-refractivity contribution in [2.45, 2.75) is 13.1 Å². The smallest absolute Gasteiger partial charge is 0.268 e. The van der Waals surface area contributed by atoms with Crippen LogP contribution in [0.25, 0.3) is 22.3 Å². The molecule has 0 bridgehead atoms. The van der Waals surface area contributed by atoms with Gasteiger partial charge < -0.3 is 19.7 Å². The number of pyridine rings is 1. The lowest BCUT2D eigenvalue weighted by molar-refractivity contribution is 0.0941. The third-order valence-electron chi connectivity index (χ3n) is 4.68. The van der Waals surface area contributed by atoms with Crippen molar-refractivity contribution in [3.05, 3.63) is 66.1 Å². The van der Waals surface area contributed by atoms with Crippen LogP contribution in [0.3, 0.4) is 0 Å². The third-order valence-corrected chi connectivity index (χ3v) is 4.68. The van der Waals surface area contributed by atoms with E-state index < -0.39 is 0 Å². The lowest BCUT2D eigenvalue weighted by Crippen LogP contribution is -2.26. The van der Waals surface area contributed by atoms with Gasteiger partial charge in [-0.25, -0.2) is 4.98 Å². The number of aliphatic hydroxyl groups excluding tert-OH is 1. The topological polar surface area (TPSA) is 105 Å². The first kappa shape index (κ1) is 18.7. The molecule has 0 atom stereocenters. The van der Waals surface area contributed by atoms with Crippen molar-refractivity contribution in [3.8, 4) is 17.0 Å². The summed E-state index contributed by atoms with van der Waals surface area (Å²) in [4.78, 5) is 17.5. The molecule has 0 aliphatic heterocycles. The van der Waals surface area contributed by atoms with E-state index in [0.29, 0.717) is 17.9 Å². The van der Waals surface area contributed by atoms with Crippen LogP contribution in [0.15, 0.2) is 54.9 Å². The lowest BCUT2D eigenvalue weighted by Gasteiger charge is -2.10. The Balaban J connectivity index is 1.63. The summed E-state index contributed by atoms with van der Waals surface area (Å²) in [5.74, 6) is 0.506. The number of aromatic amines is 1. The van der Waals surface area contributed by atoms with Gasteiger partial charge in [-0.15, -0.1) is 0 Å². The van der Waals surface area contributed by atoms with E-state index in [9.17, 15) is 9.90 Å². The molecule has 29 heavy (non-hydrogen) atoms. The predicted octanol–water partition coefficient (Wildman–Crippen LogP) is 2.36. The number of H-pyrrole nitrogens is 1. The van der Waals surface area contributed by atoms with E-state index in [0.717, 1.165) is 28.0 Å². The fraction of sp³-hybridized carbons (Fsp3) is 0.190. The van der Waals surface area contributed by atoms with Gasteiger partial charge in [0, 0.05) is 30.2 Å². The number of hydrogen-bond donors (Lipinski definition) is 3. The molecular weight excluding hydrogens is 370 g/mol. The largest absolute Gasteiger partial charge is 0.497 e. The van der Waals surface area contributed by atoms with Gasteiger partial charge in [-0.3, -0.25) is 9.89 Å². The van der Waals surface area contributed by atoms with E-state index in [1.165, 1.54) is 0 Å². The fourth-order valence-corrected chi connectivity index (χ4v) is 3.25. The number of methoxy groups -OCH3 is 1. The third kappa shape index (κ3) is 3.83. The molecule has 3 N–H and O–H groups in total. The number of carbonyl (C=O) groups is 1. The minimum atomic E-state index is -0.232. The molecule has 0 unspecified atom stereocenters. The molecule has 8 heteroatoms. The molecule has 1 amide bonds. The zero-order valence-corrected chi connectivity index (χ0v) is 15.9. The van der Waals surface area contributed by atoms with Gasteiger partial charge in [0.25, 0.3) is 5.91 Å². The number of fused-ring (bicyclic) bond motifs is 1. The van der Waals surface area contributed by atoms with Gasteiger partial charge >= 0.3 is 0 Å². The van der Waals surface area contributed by atoms with Crippen LogP contribution in [0, 0.1) is 0 Å². The average molecular weight is 391 g/mol. The highest BCUT2D eigenvalue weighted by Crippen LogP contribution is 2.23. The minimum absolute atomic E-state index is 0.0996. The van der Waals surface area contributed by atoms with Gasteiger partial charge in [0.2, 0.25) is 0 Å². The van der Waals surface area contributed by atoms with E-state index in [1.54, 1.807) is 30.1 Å². The second-order valence-electron chi connectivity index (χ2n) is 6.54. The number of nitrogens with zero attached hydrogens (tertiary/aromatic N) is 3. The summed E-state index contributed by atoms with van der Waals surface area (Å²) in [6.07, 6.45) is 3.45.